The quantitative estimate of drug-likeness (QED) is 0.867. The fraction of sp³-hybridized carbons (Fsp3) is 0.500. The number of ether oxygens (including phenoxy) is 1. The largest absolute Gasteiger partial charge is 0.465 e. The Morgan fingerprint density at radius 3 is 2.78 bits per heavy atom. The van der Waals surface area contributed by atoms with Gasteiger partial charge in [-0.15, -0.1) is 0 Å². The number of carbonyl (C=O) groups excluding carboxylic acids is 1. The van der Waals surface area contributed by atoms with Crippen LogP contribution in [0.4, 0.5) is 0 Å². The molecule has 0 heterocycles. The maximum atomic E-state index is 11.4. The first-order valence-corrected chi connectivity index (χ1v) is 7.10. The van der Waals surface area contributed by atoms with Crippen LogP contribution in [0, 0.1) is 0 Å². The van der Waals surface area contributed by atoms with Gasteiger partial charge in [-0.1, -0.05) is 34.8 Å². The van der Waals surface area contributed by atoms with Gasteiger partial charge in [0.15, 0.2) is 0 Å². The predicted octanol–water partition coefficient (Wildman–Crippen LogP) is 3.27. The monoisotopic (exact) mass is 311 g/mol. The third-order valence-electron chi connectivity index (χ3n) is 3.41. The number of carbonyl (C=O) groups is 1. The van der Waals surface area contributed by atoms with Gasteiger partial charge in [-0.25, -0.2) is 4.79 Å². The van der Waals surface area contributed by atoms with Gasteiger partial charge in [0.05, 0.1) is 12.7 Å². The van der Waals surface area contributed by atoms with Crippen molar-refractivity contribution in [1.82, 2.24) is 5.32 Å². The number of rotatable bonds is 4. The van der Waals surface area contributed by atoms with Crippen molar-refractivity contribution < 1.29 is 9.53 Å². The number of hydrogen-bond acceptors (Lipinski definition) is 3. The van der Waals surface area contributed by atoms with E-state index in [-0.39, 0.29) is 5.97 Å². The van der Waals surface area contributed by atoms with Crippen molar-refractivity contribution in [3.8, 4) is 0 Å². The van der Waals surface area contributed by atoms with Gasteiger partial charge in [-0.05, 0) is 30.5 Å². The van der Waals surface area contributed by atoms with Gasteiger partial charge in [0, 0.05) is 17.1 Å². The van der Waals surface area contributed by atoms with Gasteiger partial charge in [-0.3, -0.25) is 0 Å². The molecule has 0 amide bonds. The van der Waals surface area contributed by atoms with Gasteiger partial charge >= 0.3 is 5.97 Å². The van der Waals surface area contributed by atoms with Crippen LogP contribution in [0.5, 0.6) is 0 Å². The SMILES string of the molecule is COC(=O)c1ccc(CNC2CCCC2)c(Br)c1. The van der Waals surface area contributed by atoms with E-state index >= 15 is 0 Å². The first kappa shape index (κ1) is 13.6. The molecule has 1 aliphatic carbocycles. The van der Waals surface area contributed by atoms with Crippen LogP contribution in [0.2, 0.25) is 0 Å². The summed E-state index contributed by atoms with van der Waals surface area (Å²) in [5.74, 6) is -0.300. The average Bonchev–Trinajstić information content (AvgIpc) is 2.89. The molecule has 18 heavy (non-hydrogen) atoms. The highest BCUT2D eigenvalue weighted by molar-refractivity contribution is 9.10. The molecule has 1 fully saturated rings. The number of esters is 1. The molecule has 0 aromatic heterocycles. The van der Waals surface area contributed by atoms with Gasteiger partial charge in [0.25, 0.3) is 0 Å². The Morgan fingerprint density at radius 1 is 1.44 bits per heavy atom. The molecule has 3 nitrogen and oxygen atoms in total. The van der Waals surface area contributed by atoms with E-state index in [1.165, 1.54) is 38.4 Å². The molecule has 4 heteroatoms. The molecule has 0 radical (unpaired) electrons. The average molecular weight is 312 g/mol. The summed E-state index contributed by atoms with van der Waals surface area (Å²) < 4.78 is 5.65. The molecule has 0 bridgehead atoms. The van der Waals surface area contributed by atoms with Crippen molar-refractivity contribution in [2.45, 2.75) is 38.3 Å². The minimum absolute atomic E-state index is 0.300. The second-order valence-electron chi connectivity index (χ2n) is 4.66. The predicted molar refractivity (Wildman–Crippen MR) is 74.6 cm³/mol. The number of nitrogens with one attached hydrogen (secondary N) is 1. The van der Waals surface area contributed by atoms with Crippen LogP contribution in [0.25, 0.3) is 0 Å². The molecule has 1 aromatic rings. The molecule has 0 atom stereocenters. The van der Waals surface area contributed by atoms with Crippen molar-refractivity contribution in [2.24, 2.45) is 0 Å². The van der Waals surface area contributed by atoms with E-state index in [4.69, 9.17) is 4.74 Å². The topological polar surface area (TPSA) is 38.3 Å². The van der Waals surface area contributed by atoms with Crippen LogP contribution in [0.1, 0.15) is 41.6 Å². The Hall–Kier alpha value is -0.870. The zero-order valence-corrected chi connectivity index (χ0v) is 12.1. The van der Waals surface area contributed by atoms with E-state index in [9.17, 15) is 4.79 Å². The van der Waals surface area contributed by atoms with Crippen molar-refractivity contribution >= 4 is 21.9 Å². The molecular weight excluding hydrogens is 294 g/mol. The van der Waals surface area contributed by atoms with E-state index in [0.29, 0.717) is 11.6 Å². The summed E-state index contributed by atoms with van der Waals surface area (Å²) in [4.78, 5) is 11.4. The normalized spacial score (nSPS) is 15.9. The molecule has 1 saturated carbocycles. The zero-order valence-electron chi connectivity index (χ0n) is 10.5. The van der Waals surface area contributed by atoms with Crippen LogP contribution in [0.3, 0.4) is 0 Å². The van der Waals surface area contributed by atoms with Gasteiger partial charge in [0.2, 0.25) is 0 Å². The van der Waals surface area contributed by atoms with Crippen molar-refractivity contribution in [3.63, 3.8) is 0 Å². The van der Waals surface area contributed by atoms with Gasteiger partial charge in [-0.2, -0.15) is 0 Å². The number of hydrogen-bond donors (Lipinski definition) is 1. The molecule has 1 N–H and O–H groups in total. The molecule has 98 valence electrons. The summed E-state index contributed by atoms with van der Waals surface area (Å²) in [6, 6.07) is 6.25. The van der Waals surface area contributed by atoms with E-state index in [0.717, 1.165) is 11.0 Å². The van der Waals surface area contributed by atoms with Crippen LogP contribution in [-0.2, 0) is 11.3 Å². The lowest BCUT2D eigenvalue weighted by molar-refractivity contribution is 0.0600. The molecule has 0 spiro atoms. The van der Waals surface area contributed by atoms with E-state index in [1.807, 2.05) is 18.2 Å². The molecular formula is C14H18BrNO2. The Balaban J connectivity index is 1.98. The minimum atomic E-state index is -0.300. The highest BCUT2D eigenvalue weighted by Crippen LogP contribution is 2.21. The minimum Gasteiger partial charge on any atom is -0.465 e. The summed E-state index contributed by atoms with van der Waals surface area (Å²) in [5.41, 5.74) is 1.75. The van der Waals surface area contributed by atoms with E-state index in [1.54, 1.807) is 0 Å². The van der Waals surface area contributed by atoms with Gasteiger partial charge < -0.3 is 10.1 Å². The highest BCUT2D eigenvalue weighted by atomic mass is 79.9. The lowest BCUT2D eigenvalue weighted by Crippen LogP contribution is -2.25. The maximum absolute atomic E-state index is 11.4. The van der Waals surface area contributed by atoms with Crippen molar-refractivity contribution in [3.05, 3.63) is 33.8 Å². The molecule has 0 unspecified atom stereocenters. The second-order valence-corrected chi connectivity index (χ2v) is 5.51. The Labute approximate surface area is 116 Å². The van der Waals surface area contributed by atoms with Crippen LogP contribution in [-0.4, -0.2) is 19.1 Å². The fourth-order valence-corrected chi connectivity index (χ4v) is 2.84. The van der Waals surface area contributed by atoms with Crippen molar-refractivity contribution in [2.75, 3.05) is 7.11 Å². The third-order valence-corrected chi connectivity index (χ3v) is 4.15. The van der Waals surface area contributed by atoms with Crippen LogP contribution >= 0.6 is 15.9 Å². The summed E-state index contributed by atoms with van der Waals surface area (Å²) in [6.45, 7) is 0.840. The first-order valence-electron chi connectivity index (χ1n) is 6.31. The zero-order chi connectivity index (χ0) is 13.0. The molecule has 1 aromatic carbocycles. The summed E-state index contributed by atoms with van der Waals surface area (Å²) in [5, 5.41) is 3.56. The molecule has 1 aliphatic rings. The Morgan fingerprint density at radius 2 is 2.17 bits per heavy atom. The lowest BCUT2D eigenvalue weighted by atomic mass is 10.1. The van der Waals surface area contributed by atoms with E-state index in [2.05, 4.69) is 21.2 Å². The number of methoxy groups -OCH3 is 1. The lowest BCUT2D eigenvalue weighted by Gasteiger charge is -2.13. The number of benzene rings is 1. The summed E-state index contributed by atoms with van der Waals surface area (Å²) in [6.07, 6.45) is 5.22. The molecule has 0 saturated heterocycles. The fourth-order valence-electron chi connectivity index (χ4n) is 2.32. The highest BCUT2D eigenvalue weighted by Gasteiger charge is 2.15. The molecule has 2 rings (SSSR count). The Kier molecular flexibility index (Phi) is 4.78. The number of halogens is 1. The van der Waals surface area contributed by atoms with Crippen molar-refractivity contribution in [1.29, 1.82) is 0 Å². The first-order chi connectivity index (χ1) is 8.70. The standard InChI is InChI=1S/C14H18BrNO2/c1-18-14(17)10-6-7-11(13(15)8-10)9-16-12-4-2-3-5-12/h6-8,12,16H,2-5,9H2,1H3. The maximum Gasteiger partial charge on any atom is 0.337 e. The van der Waals surface area contributed by atoms with Crippen LogP contribution < -0.4 is 5.32 Å². The molecule has 0 aliphatic heterocycles. The smallest absolute Gasteiger partial charge is 0.337 e. The van der Waals surface area contributed by atoms with E-state index < -0.39 is 0 Å². The van der Waals surface area contributed by atoms with Crippen LogP contribution in [0.15, 0.2) is 22.7 Å². The van der Waals surface area contributed by atoms with Gasteiger partial charge in [0.1, 0.15) is 0 Å². The second kappa shape index (κ2) is 6.34. The summed E-state index contributed by atoms with van der Waals surface area (Å²) in [7, 11) is 1.39. The third kappa shape index (κ3) is 3.33. The Bertz CT molecular complexity index is 428. The summed E-state index contributed by atoms with van der Waals surface area (Å²) >= 11 is 3.51.